The first-order valence-electron chi connectivity index (χ1n) is 25.8. The smallest absolute Gasteiger partial charge is 0.462 e. The van der Waals surface area contributed by atoms with Gasteiger partial charge in [0, 0.05) is 19.3 Å². The standard InChI is InChI=1S/C54H93O11P/c1-4-7-10-13-16-19-22-24-25-27-29-31-34-37-40-43-52(56)61-47-51(65-54(58)45-42-39-36-33-30-26-23-20-17-14-11-8-5-2)49-63-66(59,60)62-48-50(46-55)64-53(57)44-41-38-35-32-28-21-18-15-12-9-6-3/h8,11,15,17-18,20,24-26,30,36,39,50-51,55H,4-7,9-10,12-14,16,19,21-23,27-29,31-35,37-38,40-49H2,1-3H3,(H,59,60)/b11-8-,18-15-,20-17-,25-24-,30-26-,39-36-. The summed E-state index contributed by atoms with van der Waals surface area (Å²) in [7, 11) is -4.76. The van der Waals surface area contributed by atoms with Crippen molar-refractivity contribution in [3.05, 3.63) is 72.9 Å². The number of aliphatic hydroxyl groups excluding tert-OH is 1. The molecular formula is C54H93O11P. The Morgan fingerprint density at radius 3 is 1.35 bits per heavy atom. The molecule has 3 unspecified atom stereocenters. The van der Waals surface area contributed by atoms with Gasteiger partial charge < -0.3 is 24.2 Å². The number of rotatable bonds is 47. The van der Waals surface area contributed by atoms with E-state index in [-0.39, 0.29) is 25.9 Å². The van der Waals surface area contributed by atoms with Gasteiger partial charge in [-0.3, -0.25) is 23.4 Å². The molecule has 0 rings (SSSR count). The fraction of sp³-hybridized carbons (Fsp3) is 0.722. The molecule has 11 nitrogen and oxygen atoms in total. The van der Waals surface area contributed by atoms with Crippen molar-refractivity contribution in [3.8, 4) is 0 Å². The molecule has 0 aromatic rings. The van der Waals surface area contributed by atoms with E-state index in [1.165, 1.54) is 51.4 Å². The van der Waals surface area contributed by atoms with Gasteiger partial charge in [-0.1, -0.05) is 177 Å². The summed E-state index contributed by atoms with van der Waals surface area (Å²) in [5, 5.41) is 9.75. The topological polar surface area (TPSA) is 155 Å². The Morgan fingerprint density at radius 1 is 0.439 bits per heavy atom. The van der Waals surface area contributed by atoms with E-state index in [4.69, 9.17) is 23.3 Å². The van der Waals surface area contributed by atoms with Crippen LogP contribution in [0.1, 0.15) is 213 Å². The van der Waals surface area contributed by atoms with Gasteiger partial charge in [-0.25, -0.2) is 4.57 Å². The normalized spacial score (nSPS) is 14.1. The van der Waals surface area contributed by atoms with Crippen LogP contribution < -0.4 is 0 Å². The predicted octanol–water partition coefficient (Wildman–Crippen LogP) is 14.6. The number of ether oxygens (including phenoxy) is 3. The molecule has 0 amide bonds. The van der Waals surface area contributed by atoms with E-state index in [1.54, 1.807) is 0 Å². The predicted molar refractivity (Wildman–Crippen MR) is 270 cm³/mol. The van der Waals surface area contributed by atoms with Crippen molar-refractivity contribution in [1.82, 2.24) is 0 Å². The number of phosphoric acid groups is 1. The van der Waals surface area contributed by atoms with Crippen LogP contribution >= 0.6 is 7.82 Å². The number of aliphatic hydroxyl groups is 1. The number of unbranched alkanes of at least 4 members (excludes halogenated alkanes) is 18. The Morgan fingerprint density at radius 2 is 0.833 bits per heavy atom. The van der Waals surface area contributed by atoms with Gasteiger partial charge in [0.25, 0.3) is 0 Å². The van der Waals surface area contributed by atoms with E-state index in [2.05, 4.69) is 81.5 Å². The molecule has 12 heteroatoms. The number of allylic oxidation sites excluding steroid dienone is 12. The van der Waals surface area contributed by atoms with Crippen molar-refractivity contribution in [2.45, 2.75) is 226 Å². The van der Waals surface area contributed by atoms with Crippen molar-refractivity contribution in [3.63, 3.8) is 0 Å². The third-order valence-corrected chi connectivity index (χ3v) is 11.5. The summed E-state index contributed by atoms with van der Waals surface area (Å²) in [6, 6.07) is 0. The molecule has 0 bridgehead atoms. The number of esters is 3. The van der Waals surface area contributed by atoms with Crippen LogP contribution in [0.25, 0.3) is 0 Å². The molecule has 0 aliphatic rings. The van der Waals surface area contributed by atoms with Gasteiger partial charge in [0.2, 0.25) is 0 Å². The zero-order valence-corrected chi connectivity index (χ0v) is 42.5. The SMILES string of the molecule is CC/C=C\C/C=C\C/C=C\C/C=C\CCC(=O)OC(COC(=O)CCCCCCC/C=C\CCCCCCCC)COP(=O)(O)OCC(CO)OC(=O)CCCCCCC/C=C\CCCC. The molecule has 0 spiro atoms. The number of hydrogen-bond acceptors (Lipinski definition) is 10. The zero-order chi connectivity index (χ0) is 48.4. The van der Waals surface area contributed by atoms with Crippen LogP contribution in [0.2, 0.25) is 0 Å². The highest BCUT2D eigenvalue weighted by atomic mass is 31.2. The fourth-order valence-corrected chi connectivity index (χ4v) is 7.42. The molecule has 0 radical (unpaired) electrons. The third-order valence-electron chi connectivity index (χ3n) is 10.6. The summed E-state index contributed by atoms with van der Waals surface area (Å²) in [4.78, 5) is 48.2. The maximum absolute atomic E-state index is 12.8. The molecule has 380 valence electrons. The highest BCUT2D eigenvalue weighted by Gasteiger charge is 2.28. The van der Waals surface area contributed by atoms with Crippen LogP contribution in [-0.4, -0.2) is 66.5 Å². The van der Waals surface area contributed by atoms with Crippen LogP contribution in [0, 0.1) is 0 Å². The van der Waals surface area contributed by atoms with E-state index in [9.17, 15) is 28.9 Å². The molecular weight excluding hydrogens is 856 g/mol. The summed E-state index contributed by atoms with van der Waals surface area (Å²) in [5.74, 6) is -1.59. The molecule has 66 heavy (non-hydrogen) atoms. The Kier molecular flexibility index (Phi) is 46.1. The Bertz CT molecular complexity index is 1390. The minimum Gasteiger partial charge on any atom is -0.462 e. The van der Waals surface area contributed by atoms with Crippen molar-refractivity contribution >= 4 is 25.7 Å². The molecule has 0 aromatic heterocycles. The summed E-state index contributed by atoms with van der Waals surface area (Å²) in [6.45, 7) is 4.36. The average molecular weight is 949 g/mol. The van der Waals surface area contributed by atoms with Crippen LogP contribution in [0.15, 0.2) is 72.9 Å². The monoisotopic (exact) mass is 949 g/mol. The Hall–Kier alpha value is -3.08. The molecule has 0 saturated carbocycles. The summed E-state index contributed by atoms with van der Waals surface area (Å²) in [6.07, 6.45) is 51.8. The van der Waals surface area contributed by atoms with E-state index < -0.39 is 57.8 Å². The first-order chi connectivity index (χ1) is 32.2. The zero-order valence-electron chi connectivity index (χ0n) is 41.6. The second kappa shape index (κ2) is 48.4. The van der Waals surface area contributed by atoms with Crippen LogP contribution in [0.3, 0.4) is 0 Å². The molecule has 0 fully saturated rings. The highest BCUT2D eigenvalue weighted by molar-refractivity contribution is 7.47. The third kappa shape index (κ3) is 46.0. The van der Waals surface area contributed by atoms with Gasteiger partial charge in [-0.2, -0.15) is 0 Å². The van der Waals surface area contributed by atoms with Gasteiger partial charge in [-0.05, 0) is 89.9 Å². The fourth-order valence-electron chi connectivity index (χ4n) is 6.64. The molecule has 0 aliphatic heterocycles. The molecule has 0 saturated heterocycles. The van der Waals surface area contributed by atoms with E-state index >= 15 is 0 Å². The summed E-state index contributed by atoms with van der Waals surface area (Å²) >= 11 is 0. The maximum atomic E-state index is 12.8. The van der Waals surface area contributed by atoms with Gasteiger partial charge in [0.05, 0.1) is 19.8 Å². The second-order valence-corrected chi connectivity index (χ2v) is 18.4. The number of phosphoric ester groups is 1. The number of carbonyl (C=O) groups excluding carboxylic acids is 3. The van der Waals surface area contributed by atoms with Crippen molar-refractivity contribution in [2.75, 3.05) is 26.4 Å². The van der Waals surface area contributed by atoms with Crippen LogP contribution in [0.5, 0.6) is 0 Å². The van der Waals surface area contributed by atoms with Gasteiger partial charge in [-0.15, -0.1) is 0 Å². The van der Waals surface area contributed by atoms with Crippen molar-refractivity contribution in [2.24, 2.45) is 0 Å². The quantitative estimate of drug-likeness (QED) is 0.0197. The lowest BCUT2D eigenvalue weighted by Gasteiger charge is -2.21. The lowest BCUT2D eigenvalue weighted by atomic mass is 10.1. The first kappa shape index (κ1) is 62.9. The van der Waals surface area contributed by atoms with E-state index in [1.807, 2.05) is 12.2 Å². The molecule has 3 atom stereocenters. The highest BCUT2D eigenvalue weighted by Crippen LogP contribution is 2.43. The second-order valence-electron chi connectivity index (χ2n) is 16.9. The summed E-state index contributed by atoms with van der Waals surface area (Å²) < 4.78 is 39.2. The number of carbonyl (C=O) groups is 3. The van der Waals surface area contributed by atoms with Crippen molar-refractivity contribution < 1.29 is 52.2 Å². The van der Waals surface area contributed by atoms with Gasteiger partial charge >= 0.3 is 25.7 Å². The van der Waals surface area contributed by atoms with Crippen LogP contribution in [0.4, 0.5) is 0 Å². The van der Waals surface area contributed by atoms with Gasteiger partial charge in [0.15, 0.2) is 6.10 Å². The molecule has 0 aromatic carbocycles. The van der Waals surface area contributed by atoms with E-state index in [0.29, 0.717) is 19.3 Å². The van der Waals surface area contributed by atoms with Crippen molar-refractivity contribution in [1.29, 1.82) is 0 Å². The lowest BCUT2D eigenvalue weighted by molar-refractivity contribution is -0.161. The first-order valence-corrected chi connectivity index (χ1v) is 27.3. The number of hydrogen-bond donors (Lipinski definition) is 2. The average Bonchev–Trinajstić information content (AvgIpc) is 3.30. The summed E-state index contributed by atoms with van der Waals surface area (Å²) in [5.41, 5.74) is 0. The molecule has 0 aliphatic carbocycles. The van der Waals surface area contributed by atoms with Crippen LogP contribution in [-0.2, 0) is 42.2 Å². The minimum atomic E-state index is -4.76. The molecule has 2 N–H and O–H groups in total. The Balaban J connectivity index is 4.84. The lowest BCUT2D eigenvalue weighted by Crippen LogP contribution is -2.30. The Labute approximate surface area is 401 Å². The van der Waals surface area contributed by atoms with E-state index in [0.717, 1.165) is 103 Å². The maximum Gasteiger partial charge on any atom is 0.472 e. The molecule has 0 heterocycles. The largest absolute Gasteiger partial charge is 0.472 e. The van der Waals surface area contributed by atoms with Gasteiger partial charge in [0.1, 0.15) is 12.7 Å². The minimum absolute atomic E-state index is 0.0429.